The summed E-state index contributed by atoms with van der Waals surface area (Å²) in [5.41, 5.74) is 2.65. The van der Waals surface area contributed by atoms with Crippen LogP contribution in [-0.4, -0.2) is 55.8 Å². The molecule has 1 aromatic carbocycles. The molecule has 8 nitrogen and oxygen atoms in total. The molecule has 2 aromatic heterocycles. The molecule has 1 atom stereocenters. The molecule has 0 N–H and O–H groups in total. The number of para-hydroxylation sites is 1. The summed E-state index contributed by atoms with van der Waals surface area (Å²) >= 11 is 0. The smallest absolute Gasteiger partial charge is 0.256 e. The maximum Gasteiger partial charge on any atom is 0.256 e. The van der Waals surface area contributed by atoms with Gasteiger partial charge >= 0.3 is 0 Å². The Morgan fingerprint density at radius 3 is 2.90 bits per heavy atom. The highest BCUT2D eigenvalue weighted by atomic mass is 16.7. The first-order chi connectivity index (χ1) is 14.6. The Morgan fingerprint density at radius 1 is 1.20 bits per heavy atom. The molecule has 0 radical (unpaired) electrons. The summed E-state index contributed by atoms with van der Waals surface area (Å²) in [4.78, 5) is 33.6. The van der Waals surface area contributed by atoms with E-state index in [9.17, 15) is 9.59 Å². The van der Waals surface area contributed by atoms with Crippen LogP contribution in [-0.2, 0) is 23.2 Å². The van der Waals surface area contributed by atoms with Gasteiger partial charge in [-0.25, -0.2) is 5.06 Å². The first-order valence-corrected chi connectivity index (χ1v) is 10.4. The predicted molar refractivity (Wildman–Crippen MR) is 110 cm³/mol. The van der Waals surface area contributed by atoms with Crippen molar-refractivity contribution in [2.24, 2.45) is 7.05 Å². The lowest BCUT2D eigenvalue weighted by Crippen LogP contribution is -2.44. The first-order valence-electron chi connectivity index (χ1n) is 10.4. The van der Waals surface area contributed by atoms with Crippen molar-refractivity contribution in [3.63, 3.8) is 0 Å². The molecule has 30 heavy (non-hydrogen) atoms. The molecule has 5 rings (SSSR count). The standard InChI is InChI=1S/C22H25N5O3/c1-24-15-19(18-6-2-3-7-20(18)24)22(29)25-13-16-8-9-23-27(16)17(14-25)12-21(28)26-10-4-5-11-30-26/h2-3,6-9,15,17H,4-5,10-14H2,1H3/t17-/m1/s1. The number of aromatic nitrogens is 3. The van der Waals surface area contributed by atoms with Crippen LogP contribution < -0.4 is 0 Å². The maximum atomic E-state index is 13.5. The third-order valence-electron chi connectivity index (χ3n) is 5.99. The molecule has 8 heteroatoms. The SMILES string of the molecule is Cn1cc(C(=O)N2Cc3ccnn3[C@H](CC(=O)N3CCCCO3)C2)c2ccccc21. The largest absolute Gasteiger partial charge is 0.350 e. The monoisotopic (exact) mass is 407 g/mol. The number of aryl methyl sites for hydroxylation is 1. The molecule has 0 unspecified atom stereocenters. The second-order valence-corrected chi connectivity index (χ2v) is 8.02. The zero-order valence-corrected chi connectivity index (χ0v) is 17.0. The van der Waals surface area contributed by atoms with Crippen LogP contribution in [0, 0.1) is 0 Å². The van der Waals surface area contributed by atoms with E-state index in [-0.39, 0.29) is 24.3 Å². The Morgan fingerprint density at radius 2 is 2.07 bits per heavy atom. The molecule has 2 aliphatic heterocycles. The van der Waals surface area contributed by atoms with Crippen LogP contribution >= 0.6 is 0 Å². The van der Waals surface area contributed by atoms with E-state index in [1.54, 1.807) is 6.20 Å². The number of hydrogen-bond acceptors (Lipinski definition) is 4. The van der Waals surface area contributed by atoms with Gasteiger partial charge in [-0.2, -0.15) is 5.10 Å². The number of hydrogen-bond donors (Lipinski definition) is 0. The van der Waals surface area contributed by atoms with Gasteiger partial charge in [-0.05, 0) is 25.0 Å². The summed E-state index contributed by atoms with van der Waals surface area (Å²) in [6, 6.07) is 9.62. The molecule has 0 aliphatic carbocycles. The Kier molecular flexibility index (Phi) is 4.78. The van der Waals surface area contributed by atoms with E-state index in [0.29, 0.717) is 31.8 Å². The Labute approximate surface area is 174 Å². The molecule has 0 saturated carbocycles. The number of hydroxylamine groups is 2. The van der Waals surface area contributed by atoms with Gasteiger partial charge in [-0.3, -0.25) is 19.1 Å². The highest BCUT2D eigenvalue weighted by molar-refractivity contribution is 6.07. The van der Waals surface area contributed by atoms with Gasteiger partial charge in [-0.1, -0.05) is 18.2 Å². The minimum absolute atomic E-state index is 0.0223. The molecule has 2 amide bonds. The fourth-order valence-electron chi connectivity index (χ4n) is 4.47. The molecule has 0 bridgehead atoms. The highest BCUT2D eigenvalue weighted by Gasteiger charge is 2.33. The van der Waals surface area contributed by atoms with Crippen molar-refractivity contribution in [3.05, 3.63) is 54.0 Å². The molecular formula is C22H25N5O3. The molecule has 1 saturated heterocycles. The van der Waals surface area contributed by atoms with Crippen LogP contribution in [0.1, 0.15) is 41.4 Å². The van der Waals surface area contributed by atoms with Gasteiger partial charge in [0.1, 0.15) is 0 Å². The van der Waals surface area contributed by atoms with Crippen molar-refractivity contribution < 1.29 is 14.4 Å². The minimum atomic E-state index is -0.208. The summed E-state index contributed by atoms with van der Waals surface area (Å²) in [5, 5.41) is 6.83. The van der Waals surface area contributed by atoms with E-state index in [1.807, 2.05) is 57.7 Å². The van der Waals surface area contributed by atoms with Gasteiger partial charge in [0.25, 0.3) is 5.91 Å². The Balaban J connectivity index is 1.40. The average Bonchev–Trinajstić information content (AvgIpc) is 3.39. The first kappa shape index (κ1) is 18.9. The fourth-order valence-corrected chi connectivity index (χ4v) is 4.47. The van der Waals surface area contributed by atoms with Crippen molar-refractivity contribution in [1.29, 1.82) is 0 Å². The van der Waals surface area contributed by atoms with Crippen LogP contribution in [0.3, 0.4) is 0 Å². The lowest BCUT2D eigenvalue weighted by Gasteiger charge is -2.35. The van der Waals surface area contributed by atoms with Crippen molar-refractivity contribution in [2.75, 3.05) is 19.7 Å². The molecule has 4 heterocycles. The third-order valence-corrected chi connectivity index (χ3v) is 5.99. The van der Waals surface area contributed by atoms with E-state index in [4.69, 9.17) is 4.84 Å². The topological polar surface area (TPSA) is 72.6 Å². The number of carbonyl (C=O) groups is 2. The van der Waals surface area contributed by atoms with Crippen LogP contribution in [0.25, 0.3) is 10.9 Å². The van der Waals surface area contributed by atoms with E-state index < -0.39 is 0 Å². The fraction of sp³-hybridized carbons (Fsp3) is 0.409. The summed E-state index contributed by atoms with van der Waals surface area (Å²) in [6.45, 7) is 2.12. The van der Waals surface area contributed by atoms with Crippen molar-refractivity contribution in [1.82, 2.24) is 24.3 Å². The van der Waals surface area contributed by atoms with Crippen molar-refractivity contribution in [3.8, 4) is 0 Å². The third kappa shape index (κ3) is 3.27. The summed E-state index contributed by atoms with van der Waals surface area (Å²) < 4.78 is 3.86. The van der Waals surface area contributed by atoms with Crippen molar-refractivity contribution >= 4 is 22.7 Å². The zero-order valence-electron chi connectivity index (χ0n) is 17.0. The molecule has 156 valence electrons. The molecule has 2 aliphatic rings. The summed E-state index contributed by atoms with van der Waals surface area (Å²) in [7, 11) is 1.95. The second-order valence-electron chi connectivity index (χ2n) is 8.02. The van der Waals surface area contributed by atoms with Gasteiger partial charge in [0.2, 0.25) is 5.91 Å². The van der Waals surface area contributed by atoms with E-state index >= 15 is 0 Å². The summed E-state index contributed by atoms with van der Waals surface area (Å²) in [6.07, 6.45) is 5.81. The number of nitrogens with zero attached hydrogens (tertiary/aromatic N) is 5. The van der Waals surface area contributed by atoms with Gasteiger partial charge in [0, 0.05) is 43.4 Å². The maximum absolute atomic E-state index is 13.5. The molecular weight excluding hydrogens is 382 g/mol. The summed E-state index contributed by atoms with van der Waals surface area (Å²) in [5.74, 6) is -0.0773. The van der Waals surface area contributed by atoms with E-state index in [2.05, 4.69) is 5.10 Å². The molecule has 1 fully saturated rings. The van der Waals surface area contributed by atoms with Crippen LogP contribution in [0.2, 0.25) is 0 Å². The second kappa shape index (κ2) is 7.60. The van der Waals surface area contributed by atoms with Crippen molar-refractivity contribution in [2.45, 2.75) is 31.8 Å². The van der Waals surface area contributed by atoms with E-state index in [0.717, 1.165) is 29.4 Å². The van der Waals surface area contributed by atoms with Gasteiger partial charge in [0.15, 0.2) is 0 Å². The minimum Gasteiger partial charge on any atom is -0.350 e. The number of amides is 2. The quantitative estimate of drug-likeness (QED) is 0.669. The van der Waals surface area contributed by atoms with Gasteiger partial charge in [-0.15, -0.1) is 0 Å². The lowest BCUT2D eigenvalue weighted by atomic mass is 10.1. The van der Waals surface area contributed by atoms with E-state index in [1.165, 1.54) is 5.06 Å². The van der Waals surface area contributed by atoms with Gasteiger partial charge < -0.3 is 9.47 Å². The van der Waals surface area contributed by atoms with Gasteiger partial charge in [0.05, 0.1) is 36.9 Å². The number of benzene rings is 1. The normalized spacial score (nSPS) is 19.2. The average molecular weight is 407 g/mol. The molecule has 3 aromatic rings. The highest BCUT2D eigenvalue weighted by Crippen LogP contribution is 2.28. The Hall–Kier alpha value is -3.13. The number of carbonyl (C=O) groups excluding carboxylic acids is 2. The van der Waals surface area contributed by atoms with Crippen LogP contribution in [0.4, 0.5) is 0 Å². The number of fused-ring (bicyclic) bond motifs is 2. The number of rotatable bonds is 3. The van der Waals surface area contributed by atoms with Crippen LogP contribution in [0.15, 0.2) is 42.7 Å². The lowest BCUT2D eigenvalue weighted by molar-refractivity contribution is -0.198. The molecule has 0 spiro atoms. The predicted octanol–water partition coefficient (Wildman–Crippen LogP) is 2.52. The zero-order chi connectivity index (χ0) is 20.7. The van der Waals surface area contributed by atoms with Crippen LogP contribution in [0.5, 0.6) is 0 Å². The Bertz CT molecular complexity index is 1100.